The van der Waals surface area contributed by atoms with Crippen LogP contribution in [0.2, 0.25) is 5.15 Å². The average molecular weight is 309 g/mol. The topological polar surface area (TPSA) is 68.3 Å². The smallest absolute Gasteiger partial charge is 0.341 e. The van der Waals surface area contributed by atoms with Gasteiger partial charge in [0.2, 0.25) is 0 Å². The van der Waals surface area contributed by atoms with Crippen molar-refractivity contribution in [2.45, 2.75) is 0 Å². The van der Waals surface area contributed by atoms with Crippen molar-refractivity contribution in [3.05, 3.63) is 52.4 Å². The number of carbonyl (C=O) groups excluding carboxylic acids is 2. The summed E-state index contributed by atoms with van der Waals surface area (Å²) in [6, 6.07) is 6.48. The van der Waals surface area contributed by atoms with Crippen molar-refractivity contribution in [3.8, 4) is 0 Å². The zero-order valence-corrected chi connectivity index (χ0v) is 11.6. The molecule has 0 aliphatic rings. The van der Waals surface area contributed by atoms with Gasteiger partial charge in [0.15, 0.2) is 6.29 Å². The van der Waals surface area contributed by atoms with Gasteiger partial charge in [0, 0.05) is 5.56 Å². The number of rotatable bonds is 4. The molecule has 0 unspecified atom stereocenters. The number of halogens is 2. The van der Waals surface area contributed by atoms with Gasteiger partial charge in [-0.05, 0) is 30.3 Å². The molecule has 1 aromatic heterocycles. The standard InChI is InChI=1S/C14H10ClFN2O3/c1-21-14(20)10-3-5-12(15)18-13(10)17-11-4-2-9(16)6-8(11)7-19/h2-7H,1H3,(H,17,18). The molecule has 2 rings (SSSR count). The zero-order valence-electron chi connectivity index (χ0n) is 10.9. The summed E-state index contributed by atoms with van der Waals surface area (Å²) in [4.78, 5) is 26.6. The Labute approximate surface area is 124 Å². The Morgan fingerprint density at radius 1 is 1.38 bits per heavy atom. The molecule has 21 heavy (non-hydrogen) atoms. The molecule has 0 aliphatic heterocycles. The van der Waals surface area contributed by atoms with Gasteiger partial charge in [-0.25, -0.2) is 14.2 Å². The Morgan fingerprint density at radius 3 is 2.81 bits per heavy atom. The molecule has 0 radical (unpaired) electrons. The van der Waals surface area contributed by atoms with Crippen LogP contribution in [0.15, 0.2) is 30.3 Å². The van der Waals surface area contributed by atoms with Gasteiger partial charge in [-0.3, -0.25) is 4.79 Å². The predicted octanol–water partition coefficient (Wildman–Crippen LogP) is 3.22. The monoisotopic (exact) mass is 308 g/mol. The number of ether oxygens (including phenoxy) is 1. The second kappa shape index (κ2) is 6.32. The van der Waals surface area contributed by atoms with Crippen molar-refractivity contribution in [3.63, 3.8) is 0 Å². The highest BCUT2D eigenvalue weighted by Gasteiger charge is 2.15. The van der Waals surface area contributed by atoms with Crippen LogP contribution in [0.1, 0.15) is 20.7 Å². The molecule has 1 heterocycles. The Morgan fingerprint density at radius 2 is 2.14 bits per heavy atom. The minimum Gasteiger partial charge on any atom is -0.465 e. The number of benzene rings is 1. The van der Waals surface area contributed by atoms with Gasteiger partial charge in [-0.1, -0.05) is 11.6 Å². The summed E-state index contributed by atoms with van der Waals surface area (Å²) < 4.78 is 17.7. The molecule has 1 aromatic carbocycles. The summed E-state index contributed by atoms with van der Waals surface area (Å²) in [7, 11) is 1.23. The van der Waals surface area contributed by atoms with Crippen molar-refractivity contribution in [2.24, 2.45) is 0 Å². The maximum Gasteiger partial charge on any atom is 0.341 e. The molecule has 0 aliphatic carbocycles. The van der Waals surface area contributed by atoms with Crippen LogP contribution in [0.4, 0.5) is 15.9 Å². The minimum atomic E-state index is -0.614. The first-order chi connectivity index (χ1) is 10.0. The van der Waals surface area contributed by atoms with Crippen LogP contribution in [0.3, 0.4) is 0 Å². The third-order valence-corrected chi connectivity index (χ3v) is 2.87. The lowest BCUT2D eigenvalue weighted by atomic mass is 10.1. The Bertz CT molecular complexity index is 707. The van der Waals surface area contributed by atoms with Crippen molar-refractivity contribution >= 4 is 35.4 Å². The summed E-state index contributed by atoms with van der Waals surface area (Å²) in [5, 5.41) is 2.93. The number of nitrogens with one attached hydrogen (secondary N) is 1. The normalized spacial score (nSPS) is 10.0. The van der Waals surface area contributed by atoms with Crippen LogP contribution < -0.4 is 5.32 Å². The molecule has 0 bridgehead atoms. The van der Waals surface area contributed by atoms with Crippen molar-refractivity contribution in [2.75, 3.05) is 12.4 Å². The quantitative estimate of drug-likeness (QED) is 0.533. The molecule has 1 N–H and O–H groups in total. The third kappa shape index (κ3) is 3.35. The molecular formula is C14H10ClFN2O3. The molecule has 0 spiro atoms. The fourth-order valence-electron chi connectivity index (χ4n) is 1.68. The molecule has 108 valence electrons. The first-order valence-corrected chi connectivity index (χ1v) is 6.19. The van der Waals surface area contributed by atoms with Crippen LogP contribution in [-0.4, -0.2) is 24.3 Å². The van der Waals surface area contributed by atoms with Crippen molar-refractivity contribution in [1.29, 1.82) is 0 Å². The third-order valence-electron chi connectivity index (χ3n) is 2.66. The fourth-order valence-corrected chi connectivity index (χ4v) is 1.83. The lowest BCUT2D eigenvalue weighted by Crippen LogP contribution is -2.08. The number of carbonyl (C=O) groups is 2. The van der Waals surface area contributed by atoms with E-state index < -0.39 is 11.8 Å². The van der Waals surface area contributed by atoms with Gasteiger partial charge in [0.05, 0.1) is 12.8 Å². The maximum absolute atomic E-state index is 13.1. The largest absolute Gasteiger partial charge is 0.465 e. The molecule has 0 atom stereocenters. The molecule has 0 amide bonds. The summed E-state index contributed by atoms with van der Waals surface area (Å²) in [5.74, 6) is -1.05. The summed E-state index contributed by atoms with van der Waals surface area (Å²) in [6.07, 6.45) is 0.494. The SMILES string of the molecule is COC(=O)c1ccc(Cl)nc1Nc1ccc(F)cc1C=O. The lowest BCUT2D eigenvalue weighted by Gasteiger charge is -2.11. The average Bonchev–Trinajstić information content (AvgIpc) is 2.48. The number of hydrogen-bond donors (Lipinski definition) is 1. The summed E-state index contributed by atoms with van der Waals surface area (Å²) >= 11 is 5.80. The summed E-state index contributed by atoms with van der Waals surface area (Å²) in [5.41, 5.74) is 0.530. The van der Waals surface area contributed by atoms with Crippen molar-refractivity contribution < 1.29 is 18.7 Å². The molecule has 0 fully saturated rings. The highest BCUT2D eigenvalue weighted by molar-refractivity contribution is 6.29. The van der Waals surface area contributed by atoms with E-state index in [1.165, 1.54) is 31.4 Å². The second-order valence-corrected chi connectivity index (χ2v) is 4.38. The fraction of sp³-hybridized carbons (Fsp3) is 0.0714. The first kappa shape index (κ1) is 14.9. The number of pyridine rings is 1. The highest BCUT2D eigenvalue weighted by Crippen LogP contribution is 2.24. The number of hydrogen-bond acceptors (Lipinski definition) is 5. The van der Waals surface area contributed by atoms with Crippen LogP contribution >= 0.6 is 11.6 Å². The second-order valence-electron chi connectivity index (χ2n) is 4.00. The number of aromatic nitrogens is 1. The van der Waals surface area contributed by atoms with E-state index in [0.29, 0.717) is 12.0 Å². The van der Waals surface area contributed by atoms with E-state index in [4.69, 9.17) is 11.6 Å². The zero-order chi connectivity index (χ0) is 15.4. The van der Waals surface area contributed by atoms with Gasteiger partial charge in [-0.15, -0.1) is 0 Å². The van der Waals surface area contributed by atoms with Crippen molar-refractivity contribution in [1.82, 2.24) is 4.98 Å². The minimum absolute atomic E-state index is 0.0904. The van der Waals surface area contributed by atoms with E-state index in [1.54, 1.807) is 0 Å². The van der Waals surface area contributed by atoms with Crippen LogP contribution in [0, 0.1) is 5.82 Å². The highest BCUT2D eigenvalue weighted by atomic mass is 35.5. The van der Waals surface area contributed by atoms with Gasteiger partial charge in [0.25, 0.3) is 0 Å². The summed E-state index contributed by atoms with van der Waals surface area (Å²) in [6.45, 7) is 0. The molecule has 0 saturated carbocycles. The Balaban J connectivity index is 2.46. The predicted molar refractivity (Wildman–Crippen MR) is 75.7 cm³/mol. The lowest BCUT2D eigenvalue weighted by molar-refractivity contribution is 0.0601. The van der Waals surface area contributed by atoms with Crippen LogP contribution in [-0.2, 0) is 4.74 Å². The van der Waals surface area contributed by atoms with Crippen LogP contribution in [0.5, 0.6) is 0 Å². The van der Waals surface area contributed by atoms with Gasteiger partial charge < -0.3 is 10.1 Å². The van der Waals surface area contributed by atoms with E-state index in [0.717, 1.165) is 6.07 Å². The molecular weight excluding hydrogens is 299 g/mol. The number of esters is 1. The Hall–Kier alpha value is -2.47. The van der Waals surface area contributed by atoms with Gasteiger partial charge in [-0.2, -0.15) is 0 Å². The Kier molecular flexibility index (Phi) is 4.49. The van der Waals surface area contributed by atoms with Gasteiger partial charge >= 0.3 is 5.97 Å². The van der Waals surface area contributed by atoms with Crippen LogP contribution in [0.25, 0.3) is 0 Å². The molecule has 7 heteroatoms. The van der Waals surface area contributed by atoms with E-state index in [-0.39, 0.29) is 22.1 Å². The number of aldehydes is 1. The maximum atomic E-state index is 13.1. The van der Waals surface area contributed by atoms with E-state index >= 15 is 0 Å². The molecule has 5 nitrogen and oxygen atoms in total. The first-order valence-electron chi connectivity index (χ1n) is 5.81. The van der Waals surface area contributed by atoms with Gasteiger partial charge in [0.1, 0.15) is 22.4 Å². The van der Waals surface area contributed by atoms with E-state index in [9.17, 15) is 14.0 Å². The molecule has 2 aromatic rings. The van der Waals surface area contributed by atoms with E-state index in [2.05, 4.69) is 15.0 Å². The van der Waals surface area contributed by atoms with E-state index in [1.807, 2.05) is 0 Å². The number of anilines is 2. The number of methoxy groups -OCH3 is 1. The molecule has 0 saturated heterocycles. The number of nitrogens with zero attached hydrogens (tertiary/aromatic N) is 1.